The molecular formula is C14H23NO3. The number of carbonyl (C=O) groups is 1. The zero-order chi connectivity index (χ0) is 12.4. The van der Waals surface area contributed by atoms with Crippen LogP contribution in [0.5, 0.6) is 0 Å². The van der Waals surface area contributed by atoms with Gasteiger partial charge in [-0.25, -0.2) is 0 Å². The SMILES string of the molecule is O=C(C[C@H]1CCOC1)N1CCOC2(CCCC2)C1. The minimum Gasteiger partial charge on any atom is -0.381 e. The minimum atomic E-state index is 0.0000853. The molecule has 4 heteroatoms. The molecule has 4 nitrogen and oxygen atoms in total. The number of carbonyl (C=O) groups excluding carboxylic acids is 1. The van der Waals surface area contributed by atoms with Crippen molar-refractivity contribution in [2.45, 2.75) is 44.1 Å². The molecule has 1 spiro atoms. The highest BCUT2D eigenvalue weighted by atomic mass is 16.5. The van der Waals surface area contributed by atoms with Crippen molar-refractivity contribution in [3.63, 3.8) is 0 Å². The molecule has 3 fully saturated rings. The highest BCUT2D eigenvalue weighted by Gasteiger charge is 2.40. The third-order valence-corrected chi connectivity index (χ3v) is 4.60. The number of ether oxygens (including phenoxy) is 2. The summed E-state index contributed by atoms with van der Waals surface area (Å²) in [5.41, 5.74) is 0.0000853. The van der Waals surface area contributed by atoms with Gasteiger partial charge in [0.25, 0.3) is 0 Å². The van der Waals surface area contributed by atoms with Crippen molar-refractivity contribution in [2.24, 2.45) is 5.92 Å². The topological polar surface area (TPSA) is 38.8 Å². The molecule has 2 aliphatic heterocycles. The number of hydrogen-bond acceptors (Lipinski definition) is 3. The zero-order valence-electron chi connectivity index (χ0n) is 11.0. The van der Waals surface area contributed by atoms with Crippen LogP contribution in [0, 0.1) is 5.92 Å². The maximum absolute atomic E-state index is 12.3. The summed E-state index contributed by atoms with van der Waals surface area (Å²) >= 11 is 0. The first kappa shape index (κ1) is 12.4. The normalized spacial score (nSPS) is 31.1. The van der Waals surface area contributed by atoms with Gasteiger partial charge in [-0.1, -0.05) is 12.8 Å². The quantitative estimate of drug-likeness (QED) is 0.750. The van der Waals surface area contributed by atoms with Gasteiger partial charge in [-0.3, -0.25) is 4.79 Å². The molecule has 0 N–H and O–H groups in total. The van der Waals surface area contributed by atoms with Crippen LogP contribution < -0.4 is 0 Å². The van der Waals surface area contributed by atoms with Crippen molar-refractivity contribution in [1.29, 1.82) is 0 Å². The number of hydrogen-bond donors (Lipinski definition) is 0. The second-order valence-electron chi connectivity index (χ2n) is 5.99. The fraction of sp³-hybridized carbons (Fsp3) is 0.929. The smallest absolute Gasteiger partial charge is 0.223 e. The second-order valence-corrected chi connectivity index (χ2v) is 5.99. The molecule has 0 bridgehead atoms. The highest BCUT2D eigenvalue weighted by Crippen LogP contribution is 2.36. The van der Waals surface area contributed by atoms with Gasteiger partial charge in [0.15, 0.2) is 0 Å². The van der Waals surface area contributed by atoms with Gasteiger partial charge >= 0.3 is 0 Å². The number of nitrogens with zero attached hydrogens (tertiary/aromatic N) is 1. The Balaban J connectivity index is 1.56. The molecule has 2 saturated heterocycles. The van der Waals surface area contributed by atoms with Crippen molar-refractivity contribution in [1.82, 2.24) is 4.90 Å². The average molecular weight is 253 g/mol. The van der Waals surface area contributed by atoms with Crippen molar-refractivity contribution in [2.75, 3.05) is 32.9 Å². The third kappa shape index (κ3) is 2.54. The van der Waals surface area contributed by atoms with E-state index < -0.39 is 0 Å². The average Bonchev–Trinajstić information content (AvgIpc) is 3.02. The Hall–Kier alpha value is -0.610. The van der Waals surface area contributed by atoms with Crippen LogP contribution in [0.2, 0.25) is 0 Å². The van der Waals surface area contributed by atoms with Gasteiger partial charge in [-0.05, 0) is 25.2 Å². The lowest BCUT2D eigenvalue weighted by atomic mass is 9.98. The predicted molar refractivity (Wildman–Crippen MR) is 67.3 cm³/mol. The lowest BCUT2D eigenvalue weighted by Gasteiger charge is -2.40. The summed E-state index contributed by atoms with van der Waals surface area (Å²) in [6.45, 7) is 3.90. The van der Waals surface area contributed by atoms with Crippen LogP contribution in [0.4, 0.5) is 0 Å². The van der Waals surface area contributed by atoms with E-state index >= 15 is 0 Å². The first-order chi connectivity index (χ1) is 8.77. The number of rotatable bonds is 2. The highest BCUT2D eigenvalue weighted by molar-refractivity contribution is 5.76. The molecule has 0 aromatic carbocycles. The van der Waals surface area contributed by atoms with Crippen molar-refractivity contribution in [3.8, 4) is 0 Å². The van der Waals surface area contributed by atoms with Crippen LogP contribution in [0.15, 0.2) is 0 Å². The zero-order valence-corrected chi connectivity index (χ0v) is 11.0. The van der Waals surface area contributed by atoms with Crippen molar-refractivity contribution >= 4 is 5.91 Å². The van der Waals surface area contributed by atoms with Crippen LogP contribution in [-0.4, -0.2) is 49.3 Å². The molecule has 3 aliphatic rings. The van der Waals surface area contributed by atoms with Crippen LogP contribution >= 0.6 is 0 Å². The Bertz CT molecular complexity index is 306. The Labute approximate surface area is 109 Å². The fourth-order valence-electron chi connectivity index (χ4n) is 3.50. The maximum Gasteiger partial charge on any atom is 0.223 e. The molecular weight excluding hydrogens is 230 g/mol. The molecule has 3 rings (SSSR count). The van der Waals surface area contributed by atoms with E-state index in [4.69, 9.17) is 9.47 Å². The van der Waals surface area contributed by atoms with Crippen LogP contribution in [0.1, 0.15) is 38.5 Å². The minimum absolute atomic E-state index is 0.0000853. The first-order valence-corrected chi connectivity index (χ1v) is 7.27. The molecule has 1 saturated carbocycles. The van der Waals surface area contributed by atoms with Gasteiger partial charge in [-0.15, -0.1) is 0 Å². The molecule has 0 radical (unpaired) electrons. The molecule has 1 atom stereocenters. The van der Waals surface area contributed by atoms with E-state index in [1.807, 2.05) is 4.90 Å². The Morgan fingerprint density at radius 2 is 2.11 bits per heavy atom. The number of morpholine rings is 1. The molecule has 2 heterocycles. The molecule has 1 aliphatic carbocycles. The molecule has 18 heavy (non-hydrogen) atoms. The van der Waals surface area contributed by atoms with E-state index in [9.17, 15) is 4.79 Å². The molecule has 0 aromatic rings. The van der Waals surface area contributed by atoms with E-state index in [1.54, 1.807) is 0 Å². The fourth-order valence-corrected chi connectivity index (χ4v) is 3.50. The van der Waals surface area contributed by atoms with E-state index in [1.165, 1.54) is 12.8 Å². The van der Waals surface area contributed by atoms with Gasteiger partial charge in [0.05, 0.1) is 12.2 Å². The summed E-state index contributed by atoms with van der Waals surface area (Å²) in [5, 5.41) is 0. The second kappa shape index (κ2) is 5.17. The maximum atomic E-state index is 12.3. The van der Waals surface area contributed by atoms with Crippen LogP contribution in [-0.2, 0) is 14.3 Å². The van der Waals surface area contributed by atoms with E-state index in [2.05, 4.69) is 0 Å². The molecule has 0 unspecified atom stereocenters. The van der Waals surface area contributed by atoms with E-state index in [0.29, 0.717) is 24.9 Å². The monoisotopic (exact) mass is 253 g/mol. The van der Waals surface area contributed by atoms with Gasteiger partial charge in [0, 0.05) is 32.7 Å². The standard InChI is InChI=1S/C14H23NO3/c16-13(9-12-3-7-17-10-12)15-6-8-18-14(11-15)4-1-2-5-14/h12H,1-11H2/t12-/m1/s1. The Kier molecular flexibility index (Phi) is 3.57. The molecule has 0 aromatic heterocycles. The van der Waals surface area contributed by atoms with Gasteiger partial charge < -0.3 is 14.4 Å². The lowest BCUT2D eigenvalue weighted by molar-refractivity contribution is -0.150. The molecule has 102 valence electrons. The number of amides is 1. The van der Waals surface area contributed by atoms with Crippen molar-refractivity contribution in [3.05, 3.63) is 0 Å². The predicted octanol–water partition coefficient (Wildman–Crippen LogP) is 1.58. The van der Waals surface area contributed by atoms with Gasteiger partial charge in [0.2, 0.25) is 5.91 Å². The lowest BCUT2D eigenvalue weighted by Crippen LogP contribution is -2.52. The van der Waals surface area contributed by atoms with Gasteiger partial charge in [-0.2, -0.15) is 0 Å². The summed E-state index contributed by atoms with van der Waals surface area (Å²) < 4.78 is 11.3. The summed E-state index contributed by atoms with van der Waals surface area (Å²) in [7, 11) is 0. The first-order valence-electron chi connectivity index (χ1n) is 7.27. The largest absolute Gasteiger partial charge is 0.381 e. The van der Waals surface area contributed by atoms with Crippen molar-refractivity contribution < 1.29 is 14.3 Å². The van der Waals surface area contributed by atoms with Gasteiger partial charge in [0.1, 0.15) is 0 Å². The summed E-state index contributed by atoms with van der Waals surface area (Å²) in [4.78, 5) is 14.3. The Morgan fingerprint density at radius 3 is 2.83 bits per heavy atom. The third-order valence-electron chi connectivity index (χ3n) is 4.60. The van der Waals surface area contributed by atoms with E-state index in [-0.39, 0.29) is 5.60 Å². The summed E-state index contributed by atoms with van der Waals surface area (Å²) in [6, 6.07) is 0. The summed E-state index contributed by atoms with van der Waals surface area (Å²) in [6.07, 6.45) is 6.46. The summed E-state index contributed by atoms with van der Waals surface area (Å²) in [5.74, 6) is 0.750. The Morgan fingerprint density at radius 1 is 1.28 bits per heavy atom. The van der Waals surface area contributed by atoms with Crippen LogP contribution in [0.3, 0.4) is 0 Å². The van der Waals surface area contributed by atoms with E-state index in [0.717, 1.165) is 45.6 Å². The van der Waals surface area contributed by atoms with Crippen LogP contribution in [0.25, 0.3) is 0 Å². The molecule has 1 amide bonds.